The van der Waals surface area contributed by atoms with Gasteiger partial charge in [0.25, 0.3) is 0 Å². The largest absolute Gasteiger partial charge is 0.457 e. The van der Waals surface area contributed by atoms with E-state index in [1.54, 1.807) is 18.2 Å². The van der Waals surface area contributed by atoms with E-state index >= 15 is 0 Å². The number of aromatic nitrogens is 3. The van der Waals surface area contributed by atoms with E-state index < -0.39 is 5.92 Å². The number of ether oxygens (including phenoxy) is 1. The fourth-order valence-corrected chi connectivity index (χ4v) is 5.58. The number of aryl methyl sites for hydroxylation is 1. The molecule has 0 radical (unpaired) electrons. The van der Waals surface area contributed by atoms with E-state index in [2.05, 4.69) is 49.1 Å². The summed E-state index contributed by atoms with van der Waals surface area (Å²) in [5.74, 6) is 4.36. The van der Waals surface area contributed by atoms with Gasteiger partial charge in [0.2, 0.25) is 5.91 Å². The monoisotopic (exact) mass is 605 g/mol. The molecular formula is C38H47N5O2. The first-order valence-corrected chi connectivity index (χ1v) is 15.8. The standard InChI is InChI=1S/C36H41N5O2.C2H6/c1-8-13-14-17-28(11-4)31-22-33(41-35(39-31)25(6)23-38-41)37-24-27-18-20-40(21-19-27)36(42)34-29(15-9-2)26(7)43-32(12-5)30(34)16-10-3;1-2/h1,9-10,12-17,22-23,27,34,37H,2,5,7,11,18-21,24H2,3-4,6H3;1-2H3/b14-13-,16-10-,28-17+,29-15+;. The number of nitrogens with one attached hydrogen (secondary N) is 1. The first kappa shape index (κ1) is 34.7. The fraction of sp³-hybridized carbons (Fsp3) is 0.342. The Hall–Kier alpha value is -4.83. The van der Waals surface area contributed by atoms with Crippen molar-refractivity contribution in [2.75, 3.05) is 25.0 Å². The molecule has 1 fully saturated rings. The maximum absolute atomic E-state index is 14.0. The van der Waals surface area contributed by atoms with Crippen LogP contribution in [0.2, 0.25) is 0 Å². The lowest BCUT2D eigenvalue weighted by molar-refractivity contribution is -0.134. The van der Waals surface area contributed by atoms with E-state index in [0.717, 1.165) is 65.2 Å². The van der Waals surface area contributed by atoms with Gasteiger partial charge in [-0.2, -0.15) is 9.61 Å². The molecule has 2 aliphatic heterocycles. The lowest BCUT2D eigenvalue weighted by atomic mass is 9.84. The average molecular weight is 606 g/mol. The molecule has 7 nitrogen and oxygen atoms in total. The average Bonchev–Trinajstić information content (AvgIpc) is 3.44. The maximum atomic E-state index is 14.0. The Labute approximate surface area is 269 Å². The second kappa shape index (κ2) is 16.9. The summed E-state index contributed by atoms with van der Waals surface area (Å²) in [4.78, 5) is 20.8. The van der Waals surface area contributed by atoms with Gasteiger partial charge in [-0.3, -0.25) is 4.79 Å². The molecule has 1 N–H and O–H groups in total. The van der Waals surface area contributed by atoms with Crippen molar-refractivity contribution >= 4 is 22.9 Å². The van der Waals surface area contributed by atoms with Crippen LogP contribution < -0.4 is 5.32 Å². The molecule has 1 unspecified atom stereocenters. The number of nitrogens with zero attached hydrogens (tertiary/aromatic N) is 4. The number of rotatable bonds is 10. The number of carbonyl (C=O) groups excluding carboxylic acids is 1. The Kier molecular flexibility index (Phi) is 13.0. The second-order valence-corrected chi connectivity index (χ2v) is 10.7. The highest BCUT2D eigenvalue weighted by Gasteiger charge is 2.37. The predicted molar refractivity (Wildman–Crippen MR) is 187 cm³/mol. The molecule has 2 aromatic rings. The number of piperidine rings is 1. The van der Waals surface area contributed by atoms with Gasteiger partial charge in [0, 0.05) is 42.4 Å². The lowest BCUT2D eigenvalue weighted by Crippen LogP contribution is -2.44. The minimum Gasteiger partial charge on any atom is -0.457 e. The number of anilines is 1. The zero-order chi connectivity index (χ0) is 32.9. The van der Waals surface area contributed by atoms with Gasteiger partial charge in [0.1, 0.15) is 17.3 Å². The summed E-state index contributed by atoms with van der Waals surface area (Å²) in [7, 11) is 0. The Balaban J connectivity index is 0.00000271. The number of allylic oxidation sites excluding steroid dienone is 10. The Morgan fingerprint density at radius 2 is 2.00 bits per heavy atom. The normalized spacial score (nSPS) is 18.6. The Bertz CT molecular complexity index is 1600. The number of carbonyl (C=O) groups is 1. The van der Waals surface area contributed by atoms with E-state index in [-0.39, 0.29) is 5.91 Å². The van der Waals surface area contributed by atoms with Crippen LogP contribution in [0.25, 0.3) is 11.2 Å². The summed E-state index contributed by atoms with van der Waals surface area (Å²) in [5, 5.41) is 8.20. The van der Waals surface area contributed by atoms with Crippen LogP contribution in [0.5, 0.6) is 0 Å². The molecule has 0 aromatic carbocycles. The maximum Gasteiger partial charge on any atom is 0.234 e. The molecule has 236 valence electrons. The van der Waals surface area contributed by atoms with Crippen molar-refractivity contribution in [3.63, 3.8) is 0 Å². The molecule has 7 heteroatoms. The van der Waals surface area contributed by atoms with E-state index in [9.17, 15) is 4.79 Å². The number of hydrogen-bond acceptors (Lipinski definition) is 5. The van der Waals surface area contributed by atoms with E-state index in [4.69, 9.17) is 16.1 Å². The summed E-state index contributed by atoms with van der Waals surface area (Å²) >= 11 is 0. The zero-order valence-electron chi connectivity index (χ0n) is 27.5. The molecule has 0 spiro atoms. The van der Waals surface area contributed by atoms with Gasteiger partial charge >= 0.3 is 0 Å². The first-order chi connectivity index (χ1) is 21.9. The smallest absolute Gasteiger partial charge is 0.234 e. The van der Waals surface area contributed by atoms with Crippen LogP contribution in [0.15, 0.2) is 103 Å². The highest BCUT2D eigenvalue weighted by molar-refractivity contribution is 5.87. The van der Waals surface area contributed by atoms with Crippen molar-refractivity contribution in [3.05, 3.63) is 115 Å². The fourth-order valence-electron chi connectivity index (χ4n) is 5.58. The number of likely N-dealkylation sites (tertiary alicyclic amines) is 1. The van der Waals surface area contributed by atoms with E-state index in [1.165, 1.54) is 0 Å². The minimum absolute atomic E-state index is 0.0432. The van der Waals surface area contributed by atoms with Crippen LogP contribution in [0, 0.1) is 31.1 Å². The van der Waals surface area contributed by atoms with Gasteiger partial charge in [-0.1, -0.05) is 82.9 Å². The molecule has 1 saturated heterocycles. The van der Waals surface area contributed by atoms with E-state index in [1.807, 2.05) is 73.7 Å². The number of amides is 1. The molecule has 1 amide bonds. The molecule has 0 aliphatic carbocycles. The third-order valence-corrected chi connectivity index (χ3v) is 7.88. The predicted octanol–water partition coefficient (Wildman–Crippen LogP) is 7.99. The minimum atomic E-state index is -0.513. The van der Waals surface area contributed by atoms with Crippen molar-refractivity contribution < 1.29 is 9.53 Å². The molecule has 45 heavy (non-hydrogen) atoms. The molecule has 4 rings (SSSR count). The van der Waals surface area contributed by atoms with Crippen molar-refractivity contribution in [2.45, 2.75) is 53.9 Å². The summed E-state index contributed by atoms with van der Waals surface area (Å²) in [5.41, 5.74) is 5.34. The molecule has 4 heterocycles. The van der Waals surface area contributed by atoms with Crippen molar-refractivity contribution in [3.8, 4) is 12.3 Å². The van der Waals surface area contributed by atoms with Gasteiger partial charge < -0.3 is 15.0 Å². The number of terminal acetylenes is 1. The van der Waals surface area contributed by atoms with Crippen LogP contribution in [-0.2, 0) is 9.53 Å². The van der Waals surface area contributed by atoms with Crippen LogP contribution >= 0.6 is 0 Å². The highest BCUT2D eigenvalue weighted by Crippen LogP contribution is 2.39. The Morgan fingerprint density at radius 3 is 2.62 bits per heavy atom. The Morgan fingerprint density at radius 1 is 1.27 bits per heavy atom. The summed E-state index contributed by atoms with van der Waals surface area (Å²) in [6, 6.07) is 2.05. The SMILES string of the molecule is C#C/C=C\C=C(/CC)c1cc(NCC2CCN(C(=O)C3C(/C=C\C)=C(C=C)OC(=C)/C3=C\C=C)CC2)n2ncc(C)c2n1.CC. The number of hydrogen-bond donors (Lipinski definition) is 1. The lowest BCUT2D eigenvalue weighted by Gasteiger charge is -2.37. The zero-order valence-corrected chi connectivity index (χ0v) is 27.5. The van der Waals surface area contributed by atoms with Crippen LogP contribution in [0.3, 0.4) is 0 Å². The van der Waals surface area contributed by atoms with Gasteiger partial charge in [0.15, 0.2) is 5.65 Å². The molecule has 0 saturated carbocycles. The summed E-state index contributed by atoms with van der Waals surface area (Å²) in [6.07, 6.45) is 24.3. The molecule has 2 aromatic heterocycles. The molecule has 1 atom stereocenters. The van der Waals surface area contributed by atoms with Crippen LogP contribution in [0.1, 0.15) is 58.2 Å². The third kappa shape index (κ3) is 8.02. The summed E-state index contributed by atoms with van der Waals surface area (Å²) in [6.45, 7) is 23.9. The molecule has 0 bridgehead atoms. The number of fused-ring (bicyclic) bond motifs is 1. The quantitative estimate of drug-likeness (QED) is 0.220. The van der Waals surface area contributed by atoms with Gasteiger partial charge in [0.05, 0.1) is 17.8 Å². The van der Waals surface area contributed by atoms with Gasteiger partial charge in [-0.05, 0) is 56.8 Å². The van der Waals surface area contributed by atoms with Crippen LogP contribution in [0.4, 0.5) is 5.82 Å². The van der Waals surface area contributed by atoms with Crippen molar-refractivity contribution in [2.24, 2.45) is 11.8 Å². The molecule has 2 aliphatic rings. The highest BCUT2D eigenvalue weighted by atomic mass is 16.5. The van der Waals surface area contributed by atoms with E-state index in [0.29, 0.717) is 30.5 Å². The van der Waals surface area contributed by atoms with Crippen molar-refractivity contribution in [1.82, 2.24) is 19.5 Å². The second-order valence-electron chi connectivity index (χ2n) is 10.7. The first-order valence-electron chi connectivity index (χ1n) is 15.8. The van der Waals surface area contributed by atoms with Gasteiger partial charge in [-0.15, -0.1) is 6.42 Å². The topological polar surface area (TPSA) is 71.8 Å². The van der Waals surface area contributed by atoms with Crippen LogP contribution in [-0.4, -0.2) is 45.0 Å². The van der Waals surface area contributed by atoms with Crippen molar-refractivity contribution in [1.29, 1.82) is 0 Å². The summed E-state index contributed by atoms with van der Waals surface area (Å²) < 4.78 is 7.77. The third-order valence-electron chi connectivity index (χ3n) is 7.88. The van der Waals surface area contributed by atoms with Gasteiger partial charge in [-0.25, -0.2) is 4.98 Å². The molecular weight excluding hydrogens is 558 g/mol.